The summed E-state index contributed by atoms with van der Waals surface area (Å²) in [5.41, 5.74) is 0. The zero-order chi connectivity index (χ0) is 7.84. The molecule has 4 heteroatoms. The smallest absolute Gasteiger partial charge is 0.134 e. The lowest BCUT2D eigenvalue weighted by Gasteiger charge is -2.21. The second kappa shape index (κ2) is 2.02. The molecule has 0 aromatic carbocycles. The van der Waals surface area contributed by atoms with Crippen LogP contribution in [0.15, 0.2) is 28.8 Å². The average molecular weight is 151 g/mol. The maximum Gasteiger partial charge on any atom is 0.134 e. The summed E-state index contributed by atoms with van der Waals surface area (Å²) >= 11 is 0. The molecule has 58 valence electrons. The third-order valence-corrected chi connectivity index (χ3v) is 1.74. The normalized spacial score (nSPS) is 21.5. The van der Waals surface area contributed by atoms with E-state index in [4.69, 9.17) is 5.11 Å². The molecule has 0 aromatic heterocycles. The van der Waals surface area contributed by atoms with Crippen LogP contribution in [0.25, 0.3) is 0 Å². The van der Waals surface area contributed by atoms with E-state index in [0.717, 1.165) is 5.82 Å². The molecule has 2 rings (SSSR count). The molecule has 0 spiro atoms. The Labute approximate surface area is 64.7 Å². The standard InChI is InChI=1S/C7H9N3O/c1-9-5-8-10-3-2-6(11)4-7(9)10/h2,4-5,11H,3H2,1H3. The monoisotopic (exact) mass is 151 g/mol. The fourth-order valence-corrected chi connectivity index (χ4v) is 1.13. The Bertz CT molecular complexity index is 267. The maximum absolute atomic E-state index is 9.15. The summed E-state index contributed by atoms with van der Waals surface area (Å²) in [5.74, 6) is 1.23. The van der Waals surface area contributed by atoms with E-state index < -0.39 is 0 Å². The van der Waals surface area contributed by atoms with E-state index in [1.165, 1.54) is 0 Å². The van der Waals surface area contributed by atoms with E-state index in [9.17, 15) is 0 Å². The highest BCUT2D eigenvalue weighted by atomic mass is 16.3. The molecule has 2 aliphatic heterocycles. The molecule has 0 saturated carbocycles. The Morgan fingerprint density at radius 3 is 3.27 bits per heavy atom. The largest absolute Gasteiger partial charge is 0.508 e. The number of rotatable bonds is 0. The minimum atomic E-state index is 0.314. The molecule has 1 N–H and O–H groups in total. The van der Waals surface area contributed by atoms with Crippen LogP contribution >= 0.6 is 0 Å². The van der Waals surface area contributed by atoms with Crippen LogP contribution in [0, 0.1) is 0 Å². The van der Waals surface area contributed by atoms with Gasteiger partial charge in [-0.3, -0.25) is 0 Å². The van der Waals surface area contributed by atoms with Crippen LogP contribution in [-0.4, -0.2) is 34.9 Å². The molecule has 0 radical (unpaired) electrons. The van der Waals surface area contributed by atoms with Crippen LogP contribution < -0.4 is 0 Å². The van der Waals surface area contributed by atoms with Gasteiger partial charge in [0.2, 0.25) is 0 Å². The van der Waals surface area contributed by atoms with Crippen molar-refractivity contribution in [3.63, 3.8) is 0 Å². The maximum atomic E-state index is 9.15. The Morgan fingerprint density at radius 1 is 1.64 bits per heavy atom. The van der Waals surface area contributed by atoms with Gasteiger partial charge in [0.1, 0.15) is 17.9 Å². The third-order valence-electron chi connectivity index (χ3n) is 1.74. The molecule has 0 aliphatic carbocycles. The third kappa shape index (κ3) is 0.869. The average Bonchev–Trinajstić information content (AvgIpc) is 2.33. The minimum absolute atomic E-state index is 0.314. The fraction of sp³-hybridized carbons (Fsp3) is 0.286. The van der Waals surface area contributed by atoms with Gasteiger partial charge in [-0.05, 0) is 6.08 Å². The van der Waals surface area contributed by atoms with E-state index in [2.05, 4.69) is 5.10 Å². The van der Waals surface area contributed by atoms with Crippen LogP contribution in [-0.2, 0) is 0 Å². The molecular formula is C7H9N3O. The topological polar surface area (TPSA) is 39.1 Å². The highest BCUT2D eigenvalue weighted by molar-refractivity contribution is 5.60. The number of aliphatic hydroxyl groups excluding tert-OH is 1. The molecule has 0 saturated heterocycles. The van der Waals surface area contributed by atoms with Gasteiger partial charge in [0, 0.05) is 13.1 Å². The summed E-state index contributed by atoms with van der Waals surface area (Å²) in [7, 11) is 1.90. The van der Waals surface area contributed by atoms with Crippen molar-refractivity contribution in [1.82, 2.24) is 9.91 Å². The minimum Gasteiger partial charge on any atom is -0.508 e. The molecule has 4 nitrogen and oxygen atoms in total. The van der Waals surface area contributed by atoms with Gasteiger partial charge in [0.05, 0.1) is 6.54 Å². The summed E-state index contributed by atoms with van der Waals surface area (Å²) in [6, 6.07) is 0. The van der Waals surface area contributed by atoms with E-state index in [0.29, 0.717) is 12.3 Å². The predicted octanol–water partition coefficient (Wildman–Crippen LogP) is 0.474. The predicted molar refractivity (Wildman–Crippen MR) is 41.8 cm³/mol. The van der Waals surface area contributed by atoms with Crippen LogP contribution in [0.1, 0.15) is 0 Å². The number of nitrogens with zero attached hydrogens (tertiary/aromatic N) is 3. The molecular weight excluding hydrogens is 142 g/mol. The number of fused-ring (bicyclic) bond motifs is 1. The zero-order valence-electron chi connectivity index (χ0n) is 6.23. The Morgan fingerprint density at radius 2 is 2.45 bits per heavy atom. The molecule has 0 atom stereocenters. The second-order valence-electron chi connectivity index (χ2n) is 2.56. The van der Waals surface area contributed by atoms with Gasteiger partial charge in [-0.15, -0.1) is 0 Å². The van der Waals surface area contributed by atoms with Gasteiger partial charge in [-0.25, -0.2) is 5.01 Å². The van der Waals surface area contributed by atoms with Crippen LogP contribution in [0.4, 0.5) is 0 Å². The molecule has 0 aromatic rings. The van der Waals surface area contributed by atoms with Gasteiger partial charge in [0.15, 0.2) is 0 Å². The lowest BCUT2D eigenvalue weighted by atomic mass is 10.3. The van der Waals surface area contributed by atoms with E-state index in [1.54, 1.807) is 18.5 Å². The Balaban J connectivity index is 2.32. The molecule has 11 heavy (non-hydrogen) atoms. The van der Waals surface area contributed by atoms with Gasteiger partial charge in [0.25, 0.3) is 0 Å². The first kappa shape index (κ1) is 6.27. The van der Waals surface area contributed by atoms with Gasteiger partial charge >= 0.3 is 0 Å². The molecule has 2 heterocycles. The lowest BCUT2D eigenvalue weighted by molar-refractivity contribution is 0.335. The van der Waals surface area contributed by atoms with E-state index in [-0.39, 0.29) is 0 Å². The van der Waals surface area contributed by atoms with Crippen LogP contribution in [0.5, 0.6) is 0 Å². The molecule has 0 fully saturated rings. The first-order valence-electron chi connectivity index (χ1n) is 3.42. The van der Waals surface area contributed by atoms with E-state index in [1.807, 2.05) is 17.0 Å². The molecule has 2 aliphatic rings. The van der Waals surface area contributed by atoms with Crippen molar-refractivity contribution in [3.05, 3.63) is 23.7 Å². The SMILES string of the molecule is CN1C=NN2CC=C(O)C=C12. The lowest BCUT2D eigenvalue weighted by Crippen LogP contribution is -2.23. The van der Waals surface area contributed by atoms with Crippen molar-refractivity contribution in [3.8, 4) is 0 Å². The van der Waals surface area contributed by atoms with Crippen LogP contribution in [0.3, 0.4) is 0 Å². The summed E-state index contributed by atoms with van der Waals surface area (Å²) in [6.45, 7) is 0.651. The number of hydrazone groups is 1. The molecule has 0 unspecified atom stereocenters. The summed E-state index contributed by atoms with van der Waals surface area (Å²) in [4.78, 5) is 1.86. The van der Waals surface area contributed by atoms with Crippen LogP contribution in [0.2, 0.25) is 0 Å². The second-order valence-corrected chi connectivity index (χ2v) is 2.56. The van der Waals surface area contributed by atoms with Gasteiger partial charge in [-0.2, -0.15) is 5.10 Å². The Kier molecular flexibility index (Phi) is 1.15. The van der Waals surface area contributed by atoms with Crippen molar-refractivity contribution in [2.45, 2.75) is 0 Å². The van der Waals surface area contributed by atoms with Gasteiger partial charge < -0.3 is 10.0 Å². The van der Waals surface area contributed by atoms with Crippen molar-refractivity contribution >= 4 is 6.34 Å². The molecule has 0 bridgehead atoms. The summed E-state index contributed by atoms with van der Waals surface area (Å²) in [5, 5.41) is 15.1. The number of hydrogen-bond donors (Lipinski definition) is 1. The number of hydrogen-bond acceptors (Lipinski definition) is 4. The van der Waals surface area contributed by atoms with Gasteiger partial charge in [-0.1, -0.05) is 0 Å². The Hall–Kier alpha value is -1.45. The summed E-state index contributed by atoms with van der Waals surface area (Å²) in [6.07, 6.45) is 5.13. The number of aliphatic hydroxyl groups is 1. The highest BCUT2D eigenvalue weighted by Gasteiger charge is 2.20. The van der Waals surface area contributed by atoms with Crippen molar-refractivity contribution in [2.75, 3.05) is 13.6 Å². The molecule has 0 amide bonds. The fourth-order valence-electron chi connectivity index (χ4n) is 1.13. The van der Waals surface area contributed by atoms with E-state index >= 15 is 0 Å². The van der Waals surface area contributed by atoms with Crippen molar-refractivity contribution in [1.29, 1.82) is 0 Å². The highest BCUT2D eigenvalue weighted by Crippen LogP contribution is 2.19. The summed E-state index contributed by atoms with van der Waals surface area (Å²) < 4.78 is 0. The van der Waals surface area contributed by atoms with Crippen molar-refractivity contribution < 1.29 is 5.11 Å². The number of allylic oxidation sites excluding steroid dienone is 1. The quantitative estimate of drug-likeness (QED) is 0.547. The first-order valence-corrected chi connectivity index (χ1v) is 3.42. The first-order chi connectivity index (χ1) is 5.27. The van der Waals surface area contributed by atoms with Crippen molar-refractivity contribution in [2.24, 2.45) is 5.10 Å². The zero-order valence-corrected chi connectivity index (χ0v) is 6.23.